The maximum atomic E-state index is 2.57. The van der Waals surface area contributed by atoms with E-state index in [-0.39, 0.29) is 16.2 Å². The molecule has 2 heterocycles. The number of anilines is 3. The first kappa shape index (κ1) is 43.6. The van der Waals surface area contributed by atoms with Gasteiger partial charge in [-0.25, -0.2) is 0 Å². The highest BCUT2D eigenvalue weighted by Crippen LogP contribution is 2.62. The Hall–Kier alpha value is -8.40. The van der Waals surface area contributed by atoms with Gasteiger partial charge in [0.2, 0.25) is 0 Å². The first-order valence-electron chi connectivity index (χ1n) is 25.4. The molecule has 348 valence electrons. The Morgan fingerprint density at radius 3 is 1.38 bits per heavy atom. The fraction of sp³-hybridized carbons (Fsp3) is 0.130. The van der Waals surface area contributed by atoms with Gasteiger partial charge in [-0.1, -0.05) is 205 Å². The summed E-state index contributed by atoms with van der Waals surface area (Å²) in [5, 5.41) is 5.01. The van der Waals surface area contributed by atoms with E-state index in [0.717, 1.165) is 28.3 Å². The molecule has 0 aliphatic heterocycles. The van der Waals surface area contributed by atoms with Gasteiger partial charge in [0, 0.05) is 49.7 Å². The van der Waals surface area contributed by atoms with Crippen LogP contribution in [0.2, 0.25) is 0 Å². The summed E-state index contributed by atoms with van der Waals surface area (Å²) >= 11 is 0. The van der Waals surface area contributed by atoms with Crippen LogP contribution in [0, 0.1) is 5.41 Å². The minimum atomic E-state index is -0.0912. The summed E-state index contributed by atoms with van der Waals surface area (Å²) < 4.78 is 5.01. The van der Waals surface area contributed by atoms with E-state index >= 15 is 0 Å². The molecule has 0 fully saturated rings. The van der Waals surface area contributed by atoms with Crippen molar-refractivity contribution in [3.63, 3.8) is 0 Å². The van der Waals surface area contributed by atoms with E-state index in [1.54, 1.807) is 0 Å². The van der Waals surface area contributed by atoms with Crippen molar-refractivity contribution in [2.75, 3.05) is 4.90 Å². The predicted molar refractivity (Wildman–Crippen MR) is 306 cm³/mol. The van der Waals surface area contributed by atoms with Gasteiger partial charge in [-0.15, -0.1) is 0 Å². The summed E-state index contributed by atoms with van der Waals surface area (Å²) in [4.78, 5) is 2.39. The molecule has 0 saturated carbocycles. The van der Waals surface area contributed by atoms with Crippen LogP contribution in [0.25, 0.3) is 88.4 Å². The highest BCUT2D eigenvalue weighted by molar-refractivity contribution is 6.12. The van der Waals surface area contributed by atoms with E-state index in [9.17, 15) is 0 Å². The molecule has 12 aromatic rings. The monoisotopic (exact) mass is 927 g/mol. The smallest absolute Gasteiger partial charge is 0.0562 e. The summed E-state index contributed by atoms with van der Waals surface area (Å²) in [5.74, 6) is 0. The van der Waals surface area contributed by atoms with Gasteiger partial charge in [-0.3, -0.25) is 0 Å². The van der Waals surface area contributed by atoms with Crippen LogP contribution in [-0.2, 0) is 10.8 Å². The van der Waals surface area contributed by atoms with Crippen molar-refractivity contribution in [2.24, 2.45) is 5.41 Å². The standard InChI is InChI=1S/C69H57N3/c1-67(2)59-44-58(49-35-33-48(34-36-49)53-25-13-17-29-61(53)70(50-23-11-8-12-24-50)51-39-37-47(38-40-51)46-21-9-7-10-22-46)66(45-60(59)68(3,4)69(67,5)6)72-64-32-20-16-28-56(64)57-42-41-52(43-65(57)72)71-62-30-18-14-26-54(62)55-27-15-19-31-63(55)71/h7-45H,1-6H3. The summed E-state index contributed by atoms with van der Waals surface area (Å²) in [7, 11) is 0. The first-order valence-corrected chi connectivity index (χ1v) is 25.4. The number of rotatable bonds is 8. The van der Waals surface area contributed by atoms with Crippen molar-refractivity contribution in [3.8, 4) is 44.8 Å². The number of fused-ring (bicyclic) bond motifs is 7. The lowest BCUT2D eigenvalue weighted by Crippen LogP contribution is -2.42. The molecule has 0 saturated heterocycles. The van der Waals surface area contributed by atoms with Crippen molar-refractivity contribution in [1.29, 1.82) is 0 Å². The highest BCUT2D eigenvalue weighted by Gasteiger charge is 2.57. The first-order chi connectivity index (χ1) is 35.0. The second-order valence-corrected chi connectivity index (χ2v) is 21.4. The Labute approximate surface area is 422 Å². The van der Waals surface area contributed by atoms with Crippen molar-refractivity contribution in [2.45, 2.75) is 52.4 Å². The van der Waals surface area contributed by atoms with Crippen LogP contribution in [0.3, 0.4) is 0 Å². The summed E-state index contributed by atoms with van der Waals surface area (Å²) in [6, 6.07) is 87.3. The third kappa shape index (κ3) is 6.50. The number of hydrogen-bond donors (Lipinski definition) is 0. The van der Waals surface area contributed by atoms with E-state index in [0.29, 0.717) is 0 Å². The molecule has 3 nitrogen and oxygen atoms in total. The van der Waals surface area contributed by atoms with Crippen molar-refractivity contribution < 1.29 is 0 Å². The van der Waals surface area contributed by atoms with Crippen LogP contribution in [-0.4, -0.2) is 9.13 Å². The fourth-order valence-corrected chi connectivity index (χ4v) is 12.2. The van der Waals surface area contributed by atoms with Gasteiger partial charge in [0.05, 0.1) is 33.4 Å². The SMILES string of the molecule is CC1(C)c2cc(-c3ccc(-c4ccccc4N(c4ccccc4)c4ccc(-c5ccccc5)cc4)cc3)c(-n3c4ccccc4c4ccc(-n5c6ccccc6c6ccccc65)cc43)cc2C(C)(C)C1(C)C. The quantitative estimate of drug-likeness (QED) is 0.148. The van der Waals surface area contributed by atoms with Gasteiger partial charge in [-0.05, 0) is 122 Å². The Morgan fingerprint density at radius 1 is 0.319 bits per heavy atom. The van der Waals surface area contributed by atoms with Crippen molar-refractivity contribution in [1.82, 2.24) is 9.13 Å². The van der Waals surface area contributed by atoms with E-state index in [1.165, 1.54) is 88.2 Å². The molecule has 72 heavy (non-hydrogen) atoms. The molecule has 10 aromatic carbocycles. The summed E-state index contributed by atoms with van der Waals surface area (Å²) in [6.45, 7) is 14.8. The molecular weight excluding hydrogens is 871 g/mol. The Bertz CT molecular complexity index is 3980. The van der Waals surface area contributed by atoms with Crippen LogP contribution in [0.4, 0.5) is 17.1 Å². The molecule has 0 atom stereocenters. The molecule has 1 aliphatic carbocycles. The van der Waals surface area contributed by atoms with E-state index in [2.05, 4.69) is 292 Å². The summed E-state index contributed by atoms with van der Waals surface area (Å²) in [5.41, 5.74) is 20.3. The van der Waals surface area contributed by atoms with Gasteiger partial charge < -0.3 is 14.0 Å². The highest BCUT2D eigenvalue weighted by atomic mass is 15.1. The molecule has 2 aromatic heterocycles. The van der Waals surface area contributed by atoms with Gasteiger partial charge >= 0.3 is 0 Å². The number of nitrogens with zero attached hydrogens (tertiary/aromatic N) is 3. The van der Waals surface area contributed by atoms with Crippen LogP contribution in [0.5, 0.6) is 0 Å². The molecule has 0 spiro atoms. The minimum Gasteiger partial charge on any atom is -0.310 e. The Balaban J connectivity index is 0.999. The largest absolute Gasteiger partial charge is 0.310 e. The van der Waals surface area contributed by atoms with E-state index in [4.69, 9.17) is 0 Å². The summed E-state index contributed by atoms with van der Waals surface area (Å²) in [6.07, 6.45) is 0. The molecule has 0 radical (unpaired) electrons. The Kier molecular flexibility index (Phi) is 9.89. The van der Waals surface area contributed by atoms with Crippen LogP contribution in [0.15, 0.2) is 237 Å². The maximum absolute atomic E-state index is 2.57. The van der Waals surface area contributed by atoms with Gasteiger partial charge in [-0.2, -0.15) is 0 Å². The molecule has 3 heteroatoms. The second kappa shape index (κ2) is 16.3. The zero-order valence-corrected chi connectivity index (χ0v) is 41.9. The Morgan fingerprint density at radius 2 is 0.764 bits per heavy atom. The molecule has 0 unspecified atom stereocenters. The predicted octanol–water partition coefficient (Wildman–Crippen LogP) is 18.9. The molecule has 1 aliphatic rings. The third-order valence-electron chi connectivity index (χ3n) is 17.2. The topological polar surface area (TPSA) is 13.1 Å². The zero-order chi connectivity index (χ0) is 48.9. The maximum Gasteiger partial charge on any atom is 0.0562 e. The number of para-hydroxylation sites is 5. The molecule has 0 bridgehead atoms. The average Bonchev–Trinajstić information content (AvgIpc) is 3.97. The molecular formula is C69H57N3. The third-order valence-corrected chi connectivity index (χ3v) is 17.2. The van der Waals surface area contributed by atoms with Gasteiger partial charge in [0.1, 0.15) is 0 Å². The van der Waals surface area contributed by atoms with Crippen LogP contribution >= 0.6 is 0 Å². The molecule has 13 rings (SSSR count). The van der Waals surface area contributed by atoms with Crippen LogP contribution < -0.4 is 4.90 Å². The van der Waals surface area contributed by atoms with Crippen molar-refractivity contribution in [3.05, 3.63) is 248 Å². The fourth-order valence-electron chi connectivity index (χ4n) is 12.2. The lowest BCUT2D eigenvalue weighted by Gasteiger charge is -2.44. The van der Waals surface area contributed by atoms with Crippen LogP contribution in [0.1, 0.15) is 52.7 Å². The van der Waals surface area contributed by atoms with E-state index < -0.39 is 0 Å². The molecule has 0 N–H and O–H groups in total. The van der Waals surface area contributed by atoms with Crippen molar-refractivity contribution >= 4 is 60.7 Å². The number of aromatic nitrogens is 2. The van der Waals surface area contributed by atoms with E-state index in [1.807, 2.05) is 0 Å². The normalized spacial score (nSPS) is 14.6. The van der Waals surface area contributed by atoms with Gasteiger partial charge in [0.25, 0.3) is 0 Å². The lowest BCUT2D eigenvalue weighted by molar-refractivity contribution is 0.125. The second-order valence-electron chi connectivity index (χ2n) is 21.4. The lowest BCUT2D eigenvalue weighted by atomic mass is 9.59. The number of hydrogen-bond acceptors (Lipinski definition) is 1. The van der Waals surface area contributed by atoms with Gasteiger partial charge in [0.15, 0.2) is 0 Å². The number of benzene rings is 10. The zero-order valence-electron chi connectivity index (χ0n) is 41.9. The minimum absolute atomic E-state index is 0.0111. The molecule has 0 amide bonds. The average molecular weight is 928 g/mol.